The van der Waals surface area contributed by atoms with Gasteiger partial charge in [0.25, 0.3) is 0 Å². The molecule has 62 valence electrons. The van der Waals surface area contributed by atoms with Gasteiger partial charge in [0, 0.05) is 32.0 Å². The molecule has 0 amide bonds. The number of nitrogens with two attached hydrogens (primary N) is 1. The molecule has 0 unspecified atom stereocenters. The van der Waals surface area contributed by atoms with Crippen molar-refractivity contribution in [2.45, 2.75) is 20.0 Å². The third-order valence-corrected chi connectivity index (χ3v) is 2.10. The van der Waals surface area contributed by atoms with E-state index in [0.717, 1.165) is 17.9 Å². The number of aromatic nitrogens is 2. The van der Waals surface area contributed by atoms with Gasteiger partial charge in [-0.15, -0.1) is 0 Å². The summed E-state index contributed by atoms with van der Waals surface area (Å²) in [5.74, 6) is 0. The quantitative estimate of drug-likeness (QED) is 0.689. The first kappa shape index (κ1) is 8.49. The molecule has 1 rings (SSSR count). The summed E-state index contributed by atoms with van der Waals surface area (Å²) >= 11 is 5.16. The maximum Gasteiger partial charge on any atom is 0.179 e. The minimum absolute atomic E-state index is 0.641. The van der Waals surface area contributed by atoms with Gasteiger partial charge in [-0.3, -0.25) is 0 Å². The van der Waals surface area contributed by atoms with Gasteiger partial charge in [0.05, 0.1) is 0 Å². The number of hydrogen-bond acceptors (Lipinski definition) is 2. The molecule has 4 heteroatoms. The highest BCUT2D eigenvalue weighted by Crippen LogP contribution is 1.96. The Hall–Kier alpha value is -0.610. The molecule has 0 radical (unpaired) electrons. The van der Waals surface area contributed by atoms with Crippen LogP contribution in [-0.2, 0) is 13.1 Å². The smallest absolute Gasteiger partial charge is 0.179 e. The molecule has 0 aliphatic heterocycles. The number of nitrogens with zero attached hydrogens (tertiary/aromatic N) is 2. The summed E-state index contributed by atoms with van der Waals surface area (Å²) in [6.07, 6.45) is 3.96. The van der Waals surface area contributed by atoms with Crippen molar-refractivity contribution in [1.82, 2.24) is 9.13 Å². The molecule has 0 bridgehead atoms. The molecule has 0 atom stereocenters. The highest BCUT2D eigenvalue weighted by molar-refractivity contribution is 7.71. The van der Waals surface area contributed by atoms with Gasteiger partial charge in [0.1, 0.15) is 0 Å². The Labute approximate surface area is 71.4 Å². The van der Waals surface area contributed by atoms with E-state index < -0.39 is 0 Å². The zero-order valence-corrected chi connectivity index (χ0v) is 7.47. The van der Waals surface area contributed by atoms with Crippen LogP contribution in [0.2, 0.25) is 0 Å². The molecular weight excluding hydrogens is 158 g/mol. The molecule has 1 aromatic rings. The molecule has 0 aromatic carbocycles. The van der Waals surface area contributed by atoms with Gasteiger partial charge in [0.2, 0.25) is 0 Å². The van der Waals surface area contributed by atoms with Crippen molar-refractivity contribution < 1.29 is 0 Å². The molecule has 2 N–H and O–H groups in total. The molecule has 0 fully saturated rings. The Balaban J connectivity index is 2.92. The highest BCUT2D eigenvalue weighted by atomic mass is 32.1. The van der Waals surface area contributed by atoms with Gasteiger partial charge in [-0.05, 0) is 19.1 Å². The molecule has 11 heavy (non-hydrogen) atoms. The summed E-state index contributed by atoms with van der Waals surface area (Å²) in [4.78, 5) is 0. The van der Waals surface area contributed by atoms with Crippen LogP contribution >= 0.6 is 12.2 Å². The van der Waals surface area contributed by atoms with Crippen LogP contribution in [0.4, 0.5) is 0 Å². The number of hydrogen-bond donors (Lipinski definition) is 1. The van der Waals surface area contributed by atoms with Gasteiger partial charge < -0.3 is 14.9 Å². The molecule has 0 aliphatic rings. The second-order valence-corrected chi connectivity index (χ2v) is 2.71. The fourth-order valence-electron chi connectivity index (χ4n) is 1.00. The Morgan fingerprint density at radius 2 is 2.09 bits per heavy atom. The standard InChI is InChI=1S/C7H13N3S/c1-2-9-5-6-10(4-3-8)7(9)11/h5-6H,2-4,8H2,1H3. The summed E-state index contributed by atoms with van der Waals surface area (Å²) in [5, 5.41) is 0. The largest absolute Gasteiger partial charge is 0.329 e. The fraction of sp³-hybridized carbons (Fsp3) is 0.571. The Morgan fingerprint density at radius 1 is 1.45 bits per heavy atom. The van der Waals surface area contributed by atoms with Crippen LogP contribution in [0.25, 0.3) is 0 Å². The Kier molecular flexibility index (Phi) is 2.84. The number of imidazole rings is 1. The van der Waals surface area contributed by atoms with Crippen molar-refractivity contribution in [1.29, 1.82) is 0 Å². The topological polar surface area (TPSA) is 35.9 Å². The van der Waals surface area contributed by atoms with Crippen molar-refractivity contribution in [3.8, 4) is 0 Å². The van der Waals surface area contributed by atoms with E-state index in [2.05, 4.69) is 6.92 Å². The molecule has 1 aromatic heterocycles. The predicted molar refractivity (Wildman–Crippen MR) is 48.0 cm³/mol. The zero-order valence-electron chi connectivity index (χ0n) is 6.66. The molecular formula is C7H13N3S. The zero-order chi connectivity index (χ0) is 8.27. The van der Waals surface area contributed by atoms with Crippen LogP contribution in [0.15, 0.2) is 12.4 Å². The number of rotatable bonds is 3. The SMILES string of the molecule is CCn1ccn(CCN)c1=S. The first-order valence-electron chi connectivity index (χ1n) is 3.75. The van der Waals surface area contributed by atoms with Crippen molar-refractivity contribution in [3.05, 3.63) is 17.2 Å². The van der Waals surface area contributed by atoms with Crippen molar-refractivity contribution in [2.75, 3.05) is 6.54 Å². The second-order valence-electron chi connectivity index (χ2n) is 2.35. The van der Waals surface area contributed by atoms with E-state index in [1.807, 2.05) is 21.5 Å². The Bertz CT molecular complexity index is 273. The molecule has 1 heterocycles. The summed E-state index contributed by atoms with van der Waals surface area (Å²) in [6, 6.07) is 0. The summed E-state index contributed by atoms with van der Waals surface area (Å²) in [5.41, 5.74) is 5.40. The third kappa shape index (κ3) is 1.70. The van der Waals surface area contributed by atoms with Crippen molar-refractivity contribution >= 4 is 12.2 Å². The van der Waals surface area contributed by atoms with Gasteiger partial charge in [-0.1, -0.05) is 0 Å². The minimum Gasteiger partial charge on any atom is -0.329 e. The molecule has 3 nitrogen and oxygen atoms in total. The first-order chi connectivity index (χ1) is 5.29. The van der Waals surface area contributed by atoms with E-state index in [1.54, 1.807) is 0 Å². The van der Waals surface area contributed by atoms with E-state index in [-0.39, 0.29) is 0 Å². The van der Waals surface area contributed by atoms with Crippen molar-refractivity contribution in [3.63, 3.8) is 0 Å². The first-order valence-corrected chi connectivity index (χ1v) is 4.16. The second kappa shape index (κ2) is 3.69. The van der Waals surface area contributed by atoms with Crippen LogP contribution in [0.5, 0.6) is 0 Å². The lowest BCUT2D eigenvalue weighted by molar-refractivity contribution is 0.657. The van der Waals surface area contributed by atoms with E-state index in [9.17, 15) is 0 Å². The monoisotopic (exact) mass is 171 g/mol. The maximum atomic E-state index is 5.40. The molecule has 0 saturated heterocycles. The average Bonchev–Trinajstić information content (AvgIpc) is 2.34. The molecule has 0 aliphatic carbocycles. The van der Waals surface area contributed by atoms with Crippen molar-refractivity contribution in [2.24, 2.45) is 5.73 Å². The van der Waals surface area contributed by atoms with Gasteiger partial charge >= 0.3 is 0 Å². The summed E-state index contributed by atoms with van der Waals surface area (Å²) in [7, 11) is 0. The fourth-order valence-corrected chi connectivity index (χ4v) is 1.35. The lowest BCUT2D eigenvalue weighted by Crippen LogP contribution is -2.09. The van der Waals surface area contributed by atoms with E-state index in [1.165, 1.54) is 0 Å². The highest BCUT2D eigenvalue weighted by Gasteiger charge is 1.94. The van der Waals surface area contributed by atoms with Gasteiger partial charge in [-0.25, -0.2) is 0 Å². The summed E-state index contributed by atoms with van der Waals surface area (Å²) in [6.45, 7) is 4.45. The van der Waals surface area contributed by atoms with Gasteiger partial charge in [-0.2, -0.15) is 0 Å². The normalized spacial score (nSPS) is 10.4. The van der Waals surface area contributed by atoms with Crippen LogP contribution in [0.1, 0.15) is 6.92 Å². The molecule has 0 spiro atoms. The van der Waals surface area contributed by atoms with Gasteiger partial charge in [0.15, 0.2) is 4.77 Å². The van der Waals surface area contributed by atoms with Crippen LogP contribution in [-0.4, -0.2) is 15.7 Å². The summed E-state index contributed by atoms with van der Waals surface area (Å²) < 4.78 is 4.86. The maximum absolute atomic E-state index is 5.40. The lowest BCUT2D eigenvalue weighted by Gasteiger charge is -1.98. The minimum atomic E-state index is 0.641. The Morgan fingerprint density at radius 3 is 2.55 bits per heavy atom. The van der Waals surface area contributed by atoms with E-state index >= 15 is 0 Å². The number of aryl methyl sites for hydroxylation is 1. The third-order valence-electron chi connectivity index (χ3n) is 1.63. The molecule has 0 saturated carbocycles. The van der Waals surface area contributed by atoms with Crippen LogP contribution in [0, 0.1) is 4.77 Å². The van der Waals surface area contributed by atoms with E-state index in [0.29, 0.717) is 6.54 Å². The average molecular weight is 171 g/mol. The van der Waals surface area contributed by atoms with Crippen LogP contribution < -0.4 is 5.73 Å². The van der Waals surface area contributed by atoms with E-state index in [4.69, 9.17) is 18.0 Å². The predicted octanol–water partition coefficient (Wildman–Crippen LogP) is 0.998. The van der Waals surface area contributed by atoms with Crippen LogP contribution in [0.3, 0.4) is 0 Å². The lowest BCUT2D eigenvalue weighted by atomic mass is 10.6.